The number of piperazine rings is 1. The number of hydrogen-bond acceptors (Lipinski definition) is 5. The van der Waals surface area contributed by atoms with Gasteiger partial charge in [-0.3, -0.25) is 15.0 Å². The Morgan fingerprint density at radius 2 is 1.92 bits per heavy atom. The van der Waals surface area contributed by atoms with Gasteiger partial charge in [-0.05, 0) is 12.1 Å². The van der Waals surface area contributed by atoms with Crippen molar-refractivity contribution in [2.75, 3.05) is 39.3 Å². The molecule has 1 saturated heterocycles. The summed E-state index contributed by atoms with van der Waals surface area (Å²) in [6, 6.07) is 2.11. The Hall–Kier alpha value is -2.56. The molecule has 0 atom stereocenters. The zero-order valence-corrected chi connectivity index (χ0v) is 13.0. The van der Waals surface area contributed by atoms with Gasteiger partial charge in [-0.2, -0.15) is 13.2 Å². The van der Waals surface area contributed by atoms with Crippen molar-refractivity contribution in [1.29, 1.82) is 0 Å². The van der Waals surface area contributed by atoms with Crippen molar-refractivity contribution in [3.8, 4) is 5.75 Å². The highest BCUT2D eigenvalue weighted by molar-refractivity contribution is 5.65. The minimum absolute atomic E-state index is 0.0409. The molecule has 0 radical (unpaired) electrons. The third-order valence-electron chi connectivity index (χ3n) is 3.79. The summed E-state index contributed by atoms with van der Waals surface area (Å²) in [5, 5.41) is 19.8. The van der Waals surface area contributed by atoms with Gasteiger partial charge >= 0.3 is 18.0 Å². The van der Waals surface area contributed by atoms with E-state index >= 15 is 0 Å². The lowest BCUT2D eigenvalue weighted by atomic mass is 10.2. The topological polar surface area (TPSA) is 96.2 Å². The van der Waals surface area contributed by atoms with E-state index in [1.807, 2.05) is 4.90 Å². The summed E-state index contributed by atoms with van der Waals surface area (Å²) in [6.07, 6.45) is -5.66. The summed E-state index contributed by atoms with van der Waals surface area (Å²) >= 11 is 0. The highest BCUT2D eigenvalue weighted by Crippen LogP contribution is 2.35. The normalized spacial score (nSPS) is 15.9. The van der Waals surface area contributed by atoms with Gasteiger partial charge in [-0.1, -0.05) is 0 Å². The van der Waals surface area contributed by atoms with Crippen molar-refractivity contribution in [2.45, 2.75) is 6.18 Å². The molecule has 25 heavy (non-hydrogen) atoms. The van der Waals surface area contributed by atoms with Gasteiger partial charge in [0.15, 0.2) is 5.75 Å². The number of benzene rings is 1. The number of carboxylic acid groups (broad SMARTS) is 1. The number of nitro groups is 1. The van der Waals surface area contributed by atoms with Crippen LogP contribution in [0.3, 0.4) is 0 Å². The molecule has 11 heteroatoms. The van der Waals surface area contributed by atoms with E-state index in [4.69, 9.17) is 9.84 Å². The van der Waals surface area contributed by atoms with Gasteiger partial charge < -0.3 is 14.7 Å². The van der Waals surface area contributed by atoms with Gasteiger partial charge in [0.2, 0.25) is 0 Å². The molecule has 1 N–H and O–H groups in total. The molecule has 1 heterocycles. The predicted molar refractivity (Wildman–Crippen MR) is 79.6 cm³/mol. The predicted octanol–water partition coefficient (Wildman–Crippen LogP) is 2.29. The summed E-state index contributed by atoms with van der Waals surface area (Å²) in [5.41, 5.74) is -1.86. The van der Waals surface area contributed by atoms with E-state index in [0.717, 1.165) is 12.1 Å². The second-order valence-corrected chi connectivity index (χ2v) is 5.40. The maximum atomic E-state index is 12.6. The first-order valence-electron chi connectivity index (χ1n) is 7.37. The number of ether oxygens (including phenoxy) is 1. The molecule has 138 valence electrons. The van der Waals surface area contributed by atoms with Crippen molar-refractivity contribution in [1.82, 2.24) is 9.80 Å². The number of alkyl halides is 3. The number of nitrogens with zero attached hydrogens (tertiary/aromatic N) is 3. The third-order valence-corrected chi connectivity index (χ3v) is 3.79. The number of carbonyl (C=O) groups is 1. The van der Waals surface area contributed by atoms with Crippen LogP contribution in [0.1, 0.15) is 5.56 Å². The fourth-order valence-corrected chi connectivity index (χ4v) is 2.41. The van der Waals surface area contributed by atoms with Crippen LogP contribution in [0.4, 0.5) is 23.7 Å². The molecule has 1 aliphatic heterocycles. The Bertz CT molecular complexity index is 645. The first-order chi connectivity index (χ1) is 11.7. The average Bonchev–Trinajstić information content (AvgIpc) is 2.54. The molecule has 1 fully saturated rings. The summed E-state index contributed by atoms with van der Waals surface area (Å²) in [7, 11) is 0. The van der Waals surface area contributed by atoms with E-state index in [9.17, 15) is 28.1 Å². The first-order valence-corrected chi connectivity index (χ1v) is 7.37. The molecule has 1 aromatic rings. The lowest BCUT2D eigenvalue weighted by molar-refractivity contribution is -0.386. The third kappa shape index (κ3) is 4.95. The van der Waals surface area contributed by atoms with E-state index in [1.165, 1.54) is 4.90 Å². The molecule has 0 spiro atoms. The van der Waals surface area contributed by atoms with Crippen LogP contribution in [0, 0.1) is 10.1 Å². The van der Waals surface area contributed by atoms with Gasteiger partial charge in [0.25, 0.3) is 0 Å². The molecular formula is C14H16F3N3O5. The fourth-order valence-electron chi connectivity index (χ4n) is 2.41. The smallest absolute Gasteiger partial charge is 0.416 e. The van der Waals surface area contributed by atoms with E-state index in [0.29, 0.717) is 38.8 Å². The average molecular weight is 363 g/mol. The molecule has 1 aliphatic rings. The van der Waals surface area contributed by atoms with E-state index in [2.05, 4.69) is 0 Å². The summed E-state index contributed by atoms with van der Waals surface area (Å²) in [4.78, 5) is 24.0. The van der Waals surface area contributed by atoms with Gasteiger partial charge in [-0.25, -0.2) is 4.79 Å². The van der Waals surface area contributed by atoms with Crippen molar-refractivity contribution in [3.63, 3.8) is 0 Å². The van der Waals surface area contributed by atoms with Crippen molar-refractivity contribution >= 4 is 11.8 Å². The number of hydrogen-bond donors (Lipinski definition) is 1. The Labute approximate surface area is 140 Å². The van der Waals surface area contributed by atoms with Crippen LogP contribution in [-0.4, -0.2) is 65.3 Å². The lowest BCUT2D eigenvalue weighted by Gasteiger charge is -2.32. The Morgan fingerprint density at radius 3 is 2.44 bits per heavy atom. The second kappa shape index (κ2) is 7.55. The monoisotopic (exact) mass is 363 g/mol. The van der Waals surface area contributed by atoms with E-state index in [-0.39, 0.29) is 12.4 Å². The molecule has 0 unspecified atom stereocenters. The van der Waals surface area contributed by atoms with Gasteiger partial charge in [0, 0.05) is 38.8 Å². The largest absolute Gasteiger partial charge is 0.485 e. The molecule has 0 aliphatic carbocycles. The molecular weight excluding hydrogens is 347 g/mol. The molecule has 2 rings (SSSR count). The summed E-state index contributed by atoms with van der Waals surface area (Å²) < 4.78 is 43.2. The Kier molecular flexibility index (Phi) is 5.67. The van der Waals surface area contributed by atoms with Crippen LogP contribution in [0.5, 0.6) is 5.75 Å². The van der Waals surface area contributed by atoms with Crippen molar-refractivity contribution in [2.24, 2.45) is 0 Å². The summed E-state index contributed by atoms with van der Waals surface area (Å²) in [6.45, 7) is 2.09. The van der Waals surface area contributed by atoms with Gasteiger partial charge in [0.05, 0.1) is 10.5 Å². The van der Waals surface area contributed by atoms with Gasteiger partial charge in [0.1, 0.15) is 6.61 Å². The quantitative estimate of drug-likeness (QED) is 0.637. The van der Waals surface area contributed by atoms with Crippen molar-refractivity contribution < 1.29 is 32.7 Å². The number of nitro benzene ring substituents is 1. The molecule has 1 amide bonds. The summed E-state index contributed by atoms with van der Waals surface area (Å²) in [5.74, 6) is -0.234. The molecule has 8 nitrogen and oxygen atoms in total. The maximum absolute atomic E-state index is 12.6. The van der Waals surface area contributed by atoms with Crippen LogP contribution in [0.15, 0.2) is 18.2 Å². The minimum atomic E-state index is -4.67. The SMILES string of the molecule is O=C(O)N1CCN(CCOc2ccc(C(F)(F)F)cc2[N+](=O)[O-])CC1. The van der Waals surface area contributed by atoms with E-state index < -0.39 is 28.4 Å². The molecule has 0 saturated carbocycles. The van der Waals surface area contributed by atoms with Gasteiger partial charge in [-0.15, -0.1) is 0 Å². The molecule has 0 bridgehead atoms. The van der Waals surface area contributed by atoms with Crippen LogP contribution in [0.25, 0.3) is 0 Å². The highest BCUT2D eigenvalue weighted by Gasteiger charge is 2.33. The minimum Gasteiger partial charge on any atom is -0.485 e. The van der Waals surface area contributed by atoms with E-state index in [1.54, 1.807) is 0 Å². The lowest BCUT2D eigenvalue weighted by Crippen LogP contribution is -2.49. The fraction of sp³-hybridized carbons (Fsp3) is 0.500. The number of rotatable bonds is 5. The zero-order valence-electron chi connectivity index (χ0n) is 13.0. The van der Waals surface area contributed by atoms with Crippen LogP contribution in [0.2, 0.25) is 0 Å². The first kappa shape index (κ1) is 18.8. The van der Waals surface area contributed by atoms with Crippen LogP contribution < -0.4 is 4.74 Å². The standard InChI is InChI=1S/C14H16F3N3O5/c15-14(16,17)10-1-2-12(11(9-10)20(23)24)25-8-7-18-3-5-19(6-4-18)13(21)22/h1-2,9H,3-8H2,(H,21,22). The van der Waals surface area contributed by atoms with Crippen molar-refractivity contribution in [3.05, 3.63) is 33.9 Å². The molecule has 0 aromatic heterocycles. The van der Waals surface area contributed by atoms with Crippen LogP contribution in [-0.2, 0) is 6.18 Å². The number of amides is 1. The maximum Gasteiger partial charge on any atom is 0.416 e. The highest BCUT2D eigenvalue weighted by atomic mass is 19.4. The second-order valence-electron chi connectivity index (χ2n) is 5.40. The number of halogens is 3. The molecule has 1 aromatic carbocycles. The van der Waals surface area contributed by atoms with Crippen LogP contribution >= 0.6 is 0 Å². The Balaban J connectivity index is 1.93. The zero-order chi connectivity index (χ0) is 18.6. The Morgan fingerprint density at radius 1 is 1.28 bits per heavy atom.